The monoisotopic (exact) mass is 450 g/mol. The maximum Gasteiger partial charge on any atom is 0.264 e. The fourth-order valence-corrected chi connectivity index (χ4v) is 5.22. The summed E-state index contributed by atoms with van der Waals surface area (Å²) in [6.07, 6.45) is 1.54. The predicted molar refractivity (Wildman–Crippen MR) is 126 cm³/mol. The summed E-state index contributed by atoms with van der Waals surface area (Å²) in [5.41, 5.74) is 4.20. The molecule has 1 aliphatic rings. The molecular formula is C25H26N2O4S. The van der Waals surface area contributed by atoms with Gasteiger partial charge in [0.1, 0.15) is 5.75 Å². The largest absolute Gasteiger partial charge is 0.484 e. The van der Waals surface area contributed by atoms with Gasteiger partial charge in [-0.3, -0.25) is 9.10 Å². The van der Waals surface area contributed by atoms with Gasteiger partial charge < -0.3 is 10.1 Å². The van der Waals surface area contributed by atoms with Gasteiger partial charge in [0.25, 0.3) is 15.9 Å². The SMILES string of the molecule is Cc1ccc(OCC(=O)Nc2ccc3c(c2)N(S(=O)(=O)c2ccc(C)cc2)CCC3)cc1. The van der Waals surface area contributed by atoms with Crippen LogP contribution in [0.2, 0.25) is 0 Å². The van der Waals surface area contributed by atoms with Crippen molar-refractivity contribution in [2.45, 2.75) is 31.6 Å². The fraction of sp³-hybridized carbons (Fsp3) is 0.240. The van der Waals surface area contributed by atoms with Crippen LogP contribution in [0, 0.1) is 13.8 Å². The molecular weight excluding hydrogens is 424 g/mol. The van der Waals surface area contributed by atoms with Crippen molar-refractivity contribution in [1.82, 2.24) is 0 Å². The summed E-state index contributed by atoms with van der Waals surface area (Å²) < 4.78 is 33.6. The second kappa shape index (κ2) is 9.04. The molecule has 0 fully saturated rings. The number of nitrogens with one attached hydrogen (secondary N) is 1. The third-order valence-corrected chi connectivity index (χ3v) is 7.27. The zero-order chi connectivity index (χ0) is 22.7. The fourth-order valence-electron chi connectivity index (χ4n) is 3.69. The van der Waals surface area contributed by atoms with Crippen molar-refractivity contribution in [2.24, 2.45) is 0 Å². The van der Waals surface area contributed by atoms with Crippen molar-refractivity contribution in [3.05, 3.63) is 83.4 Å². The summed E-state index contributed by atoms with van der Waals surface area (Å²) >= 11 is 0. The third kappa shape index (κ3) is 4.78. The van der Waals surface area contributed by atoms with E-state index in [1.54, 1.807) is 36.4 Å². The molecule has 1 amide bonds. The van der Waals surface area contributed by atoms with Crippen molar-refractivity contribution in [1.29, 1.82) is 0 Å². The minimum absolute atomic E-state index is 0.133. The zero-order valence-corrected chi connectivity index (χ0v) is 19.0. The van der Waals surface area contributed by atoms with Gasteiger partial charge in [0.15, 0.2) is 6.61 Å². The number of anilines is 2. The number of amides is 1. The lowest BCUT2D eigenvalue weighted by molar-refractivity contribution is -0.118. The molecule has 0 atom stereocenters. The number of nitrogens with zero attached hydrogens (tertiary/aromatic N) is 1. The number of rotatable bonds is 6. The predicted octanol–water partition coefficient (Wildman–Crippen LogP) is 4.46. The number of aryl methyl sites for hydroxylation is 3. The molecule has 6 nitrogen and oxygen atoms in total. The lowest BCUT2D eigenvalue weighted by Crippen LogP contribution is -2.35. The van der Waals surface area contributed by atoms with E-state index < -0.39 is 10.0 Å². The van der Waals surface area contributed by atoms with Crippen molar-refractivity contribution >= 4 is 27.3 Å². The van der Waals surface area contributed by atoms with E-state index in [0.717, 1.165) is 29.5 Å². The Labute approximate surface area is 188 Å². The summed E-state index contributed by atoms with van der Waals surface area (Å²) in [5.74, 6) is 0.306. The Balaban J connectivity index is 1.51. The van der Waals surface area contributed by atoms with E-state index in [2.05, 4.69) is 5.32 Å². The quantitative estimate of drug-likeness (QED) is 0.602. The number of carbonyl (C=O) groups excluding carboxylic acids is 1. The molecule has 1 aliphatic heterocycles. The molecule has 32 heavy (non-hydrogen) atoms. The van der Waals surface area contributed by atoms with Crippen LogP contribution in [0.15, 0.2) is 71.6 Å². The number of sulfonamides is 1. The molecule has 0 spiro atoms. The first kappa shape index (κ1) is 21.9. The molecule has 3 aromatic rings. The molecule has 0 unspecified atom stereocenters. The second-order valence-corrected chi connectivity index (χ2v) is 9.85. The Morgan fingerprint density at radius 3 is 2.31 bits per heavy atom. The summed E-state index contributed by atoms with van der Waals surface area (Å²) in [7, 11) is -3.69. The minimum atomic E-state index is -3.69. The molecule has 0 radical (unpaired) electrons. The van der Waals surface area contributed by atoms with Gasteiger partial charge in [-0.25, -0.2) is 8.42 Å². The van der Waals surface area contributed by atoms with E-state index in [1.165, 1.54) is 4.31 Å². The van der Waals surface area contributed by atoms with E-state index >= 15 is 0 Å². The molecule has 3 aromatic carbocycles. The van der Waals surface area contributed by atoms with E-state index in [9.17, 15) is 13.2 Å². The van der Waals surface area contributed by atoms with E-state index in [-0.39, 0.29) is 17.4 Å². The highest BCUT2D eigenvalue weighted by atomic mass is 32.2. The van der Waals surface area contributed by atoms with Crippen LogP contribution in [-0.2, 0) is 21.2 Å². The number of ether oxygens (including phenoxy) is 1. The van der Waals surface area contributed by atoms with E-state index in [4.69, 9.17) is 4.74 Å². The van der Waals surface area contributed by atoms with Gasteiger partial charge in [-0.2, -0.15) is 0 Å². The number of hydrogen-bond acceptors (Lipinski definition) is 4. The molecule has 4 rings (SSSR count). The molecule has 0 bridgehead atoms. The first-order valence-corrected chi connectivity index (χ1v) is 12.0. The van der Waals surface area contributed by atoms with Gasteiger partial charge in [-0.1, -0.05) is 41.5 Å². The molecule has 7 heteroatoms. The zero-order valence-electron chi connectivity index (χ0n) is 18.2. The van der Waals surface area contributed by atoms with Gasteiger partial charge in [0.05, 0.1) is 10.6 Å². The van der Waals surface area contributed by atoms with Gasteiger partial charge in [-0.15, -0.1) is 0 Å². The molecule has 166 valence electrons. The Bertz CT molecular complexity index is 1220. The number of hydrogen-bond donors (Lipinski definition) is 1. The number of fused-ring (bicyclic) bond motifs is 1. The average molecular weight is 451 g/mol. The van der Waals surface area contributed by atoms with Crippen LogP contribution in [0.1, 0.15) is 23.1 Å². The smallest absolute Gasteiger partial charge is 0.264 e. The van der Waals surface area contributed by atoms with Crippen LogP contribution in [0.5, 0.6) is 5.75 Å². The summed E-state index contributed by atoms with van der Waals surface area (Å²) in [6, 6.07) is 19.7. The second-order valence-electron chi connectivity index (χ2n) is 7.99. The Kier molecular flexibility index (Phi) is 6.19. The molecule has 1 N–H and O–H groups in total. The van der Waals surface area contributed by atoms with Crippen LogP contribution in [0.3, 0.4) is 0 Å². The van der Waals surface area contributed by atoms with Gasteiger partial charge in [0, 0.05) is 12.2 Å². The number of carbonyl (C=O) groups is 1. The summed E-state index contributed by atoms with van der Waals surface area (Å²) in [4.78, 5) is 12.6. The maximum atomic E-state index is 13.3. The standard InChI is InChI=1S/C25H26N2O4S/c1-18-5-11-22(12-6-18)31-17-25(28)26-21-10-9-20-4-3-15-27(24(20)16-21)32(29,30)23-13-7-19(2)8-14-23/h5-14,16H,3-4,15,17H2,1-2H3,(H,26,28). The van der Waals surface area contributed by atoms with Gasteiger partial charge >= 0.3 is 0 Å². The summed E-state index contributed by atoms with van der Waals surface area (Å²) in [5, 5.41) is 2.81. The highest BCUT2D eigenvalue weighted by molar-refractivity contribution is 7.92. The van der Waals surface area contributed by atoms with Crippen molar-refractivity contribution < 1.29 is 17.9 Å². The van der Waals surface area contributed by atoms with Crippen LogP contribution >= 0.6 is 0 Å². The first-order valence-electron chi connectivity index (χ1n) is 10.5. The van der Waals surface area contributed by atoms with Crippen LogP contribution in [0.25, 0.3) is 0 Å². The molecule has 0 saturated heterocycles. The molecule has 0 aromatic heterocycles. The van der Waals surface area contributed by atoms with E-state index in [0.29, 0.717) is 23.7 Å². The Hall–Kier alpha value is -3.32. The Morgan fingerprint density at radius 2 is 1.62 bits per heavy atom. The first-order chi connectivity index (χ1) is 15.3. The van der Waals surface area contributed by atoms with Crippen LogP contribution < -0.4 is 14.4 Å². The van der Waals surface area contributed by atoms with Gasteiger partial charge in [-0.05, 0) is 68.7 Å². The molecule has 1 heterocycles. The molecule has 0 saturated carbocycles. The highest BCUT2D eigenvalue weighted by Crippen LogP contribution is 2.34. The van der Waals surface area contributed by atoms with E-state index in [1.807, 2.05) is 44.2 Å². The van der Waals surface area contributed by atoms with Crippen LogP contribution in [0.4, 0.5) is 11.4 Å². The maximum absolute atomic E-state index is 13.3. The van der Waals surface area contributed by atoms with Crippen molar-refractivity contribution in [3.63, 3.8) is 0 Å². The highest BCUT2D eigenvalue weighted by Gasteiger charge is 2.29. The lowest BCUT2D eigenvalue weighted by Gasteiger charge is -2.31. The Morgan fingerprint density at radius 1 is 0.969 bits per heavy atom. The average Bonchev–Trinajstić information content (AvgIpc) is 2.78. The molecule has 0 aliphatic carbocycles. The normalized spacial score (nSPS) is 13.4. The van der Waals surface area contributed by atoms with Gasteiger partial charge in [0.2, 0.25) is 0 Å². The minimum Gasteiger partial charge on any atom is -0.484 e. The lowest BCUT2D eigenvalue weighted by atomic mass is 10.0. The summed E-state index contributed by atoms with van der Waals surface area (Å²) in [6.45, 7) is 4.17. The van der Waals surface area contributed by atoms with Crippen LogP contribution in [-0.4, -0.2) is 27.5 Å². The third-order valence-electron chi connectivity index (χ3n) is 5.44. The van der Waals surface area contributed by atoms with Crippen molar-refractivity contribution in [2.75, 3.05) is 22.8 Å². The van der Waals surface area contributed by atoms with Crippen molar-refractivity contribution in [3.8, 4) is 5.75 Å². The number of benzene rings is 3. The topological polar surface area (TPSA) is 75.7 Å².